The second kappa shape index (κ2) is 10.0. The van der Waals surface area contributed by atoms with Crippen LogP contribution >= 0.6 is 12.4 Å². The SMILES string of the molecule is Cl.O=C(CNCC1CC1)N1CCC(OCCc2ccccc2)CC1. The summed E-state index contributed by atoms with van der Waals surface area (Å²) in [6, 6.07) is 10.4. The molecule has 2 aliphatic rings. The summed E-state index contributed by atoms with van der Waals surface area (Å²) < 4.78 is 5.98. The van der Waals surface area contributed by atoms with Crippen molar-refractivity contribution in [1.29, 1.82) is 0 Å². The number of ether oxygens (including phenoxy) is 1. The lowest BCUT2D eigenvalue weighted by Crippen LogP contribution is -2.44. The molecule has 5 heteroatoms. The average Bonchev–Trinajstić information content (AvgIpc) is 3.41. The highest BCUT2D eigenvalue weighted by Gasteiger charge is 2.24. The van der Waals surface area contributed by atoms with Gasteiger partial charge >= 0.3 is 0 Å². The van der Waals surface area contributed by atoms with E-state index >= 15 is 0 Å². The Hall–Kier alpha value is -1.10. The predicted octanol–water partition coefficient (Wildman–Crippen LogP) is 2.66. The first-order chi connectivity index (χ1) is 11.3. The fourth-order valence-electron chi connectivity index (χ4n) is 3.08. The minimum absolute atomic E-state index is 0. The largest absolute Gasteiger partial charge is 0.378 e. The Bertz CT molecular complexity index is 485. The molecule has 3 rings (SSSR count). The van der Waals surface area contributed by atoms with Gasteiger partial charge in [0, 0.05) is 13.1 Å². The lowest BCUT2D eigenvalue weighted by molar-refractivity contribution is -0.132. The number of benzene rings is 1. The second-order valence-corrected chi connectivity index (χ2v) is 6.76. The molecule has 0 radical (unpaired) electrons. The molecule has 1 amide bonds. The smallest absolute Gasteiger partial charge is 0.236 e. The Morgan fingerprint density at radius 3 is 2.50 bits per heavy atom. The van der Waals surface area contributed by atoms with Crippen LogP contribution in [0.1, 0.15) is 31.2 Å². The quantitative estimate of drug-likeness (QED) is 0.782. The molecule has 1 saturated carbocycles. The second-order valence-electron chi connectivity index (χ2n) is 6.76. The van der Waals surface area contributed by atoms with E-state index in [1.54, 1.807) is 0 Å². The van der Waals surface area contributed by atoms with Crippen LogP contribution in [0.25, 0.3) is 0 Å². The highest BCUT2D eigenvalue weighted by Crippen LogP contribution is 2.27. The molecule has 2 fully saturated rings. The molecule has 1 aliphatic carbocycles. The molecule has 24 heavy (non-hydrogen) atoms. The van der Waals surface area contributed by atoms with Crippen molar-refractivity contribution in [3.63, 3.8) is 0 Å². The van der Waals surface area contributed by atoms with Gasteiger partial charge in [-0.1, -0.05) is 30.3 Å². The summed E-state index contributed by atoms with van der Waals surface area (Å²) in [5.41, 5.74) is 1.32. The topological polar surface area (TPSA) is 41.6 Å². The summed E-state index contributed by atoms with van der Waals surface area (Å²) in [4.78, 5) is 14.1. The molecule has 0 bridgehead atoms. The maximum Gasteiger partial charge on any atom is 0.236 e. The first kappa shape index (κ1) is 19.2. The van der Waals surface area contributed by atoms with Crippen LogP contribution in [0.3, 0.4) is 0 Å². The number of nitrogens with one attached hydrogen (secondary N) is 1. The number of hydrogen-bond donors (Lipinski definition) is 1. The van der Waals surface area contributed by atoms with Crippen molar-refractivity contribution in [1.82, 2.24) is 10.2 Å². The van der Waals surface area contributed by atoms with Gasteiger partial charge in [0.05, 0.1) is 19.3 Å². The van der Waals surface area contributed by atoms with E-state index in [4.69, 9.17) is 4.74 Å². The van der Waals surface area contributed by atoms with Gasteiger partial charge in [-0.3, -0.25) is 4.79 Å². The molecule has 0 atom stereocenters. The maximum atomic E-state index is 12.1. The van der Waals surface area contributed by atoms with Crippen molar-refractivity contribution in [2.24, 2.45) is 5.92 Å². The number of nitrogens with zero attached hydrogens (tertiary/aromatic N) is 1. The fraction of sp³-hybridized carbons (Fsp3) is 0.632. The van der Waals surface area contributed by atoms with Crippen molar-refractivity contribution in [3.05, 3.63) is 35.9 Å². The van der Waals surface area contributed by atoms with Crippen molar-refractivity contribution in [2.45, 2.75) is 38.2 Å². The lowest BCUT2D eigenvalue weighted by atomic mass is 10.1. The van der Waals surface area contributed by atoms with E-state index in [0.29, 0.717) is 12.6 Å². The molecule has 4 nitrogen and oxygen atoms in total. The molecule has 0 unspecified atom stereocenters. The molecule has 1 N–H and O–H groups in total. The van der Waals surface area contributed by atoms with E-state index in [1.165, 1.54) is 18.4 Å². The molecule has 0 aromatic heterocycles. The monoisotopic (exact) mass is 352 g/mol. The zero-order chi connectivity index (χ0) is 15.9. The van der Waals surface area contributed by atoms with E-state index < -0.39 is 0 Å². The number of piperidine rings is 1. The molecule has 0 spiro atoms. The highest BCUT2D eigenvalue weighted by atomic mass is 35.5. The number of carbonyl (C=O) groups is 1. The molecule has 1 aromatic rings. The summed E-state index contributed by atoms with van der Waals surface area (Å²) in [6.07, 6.45) is 5.85. The Morgan fingerprint density at radius 2 is 1.83 bits per heavy atom. The van der Waals surface area contributed by atoms with E-state index in [9.17, 15) is 4.79 Å². The van der Waals surface area contributed by atoms with E-state index in [2.05, 4.69) is 29.6 Å². The number of carbonyl (C=O) groups excluding carboxylic acids is 1. The highest BCUT2D eigenvalue weighted by molar-refractivity contribution is 5.85. The van der Waals surface area contributed by atoms with Crippen molar-refractivity contribution >= 4 is 18.3 Å². The number of hydrogen-bond acceptors (Lipinski definition) is 3. The van der Waals surface area contributed by atoms with Gasteiger partial charge in [0.25, 0.3) is 0 Å². The molecule has 1 aromatic carbocycles. The molecule has 134 valence electrons. The lowest BCUT2D eigenvalue weighted by Gasteiger charge is -2.32. The standard InChI is InChI=1S/C19H28N2O2.ClH/c22-19(15-20-14-17-6-7-17)21-11-8-18(9-12-21)23-13-10-16-4-2-1-3-5-16;/h1-5,17-18,20H,6-15H2;1H. The number of halogens is 1. The summed E-state index contributed by atoms with van der Waals surface area (Å²) >= 11 is 0. The number of likely N-dealkylation sites (tertiary alicyclic amines) is 1. The van der Waals surface area contributed by atoms with Crippen LogP contribution in [-0.2, 0) is 16.0 Å². The van der Waals surface area contributed by atoms with Gasteiger partial charge < -0.3 is 15.0 Å². The van der Waals surface area contributed by atoms with Gasteiger partial charge in [-0.15, -0.1) is 12.4 Å². The van der Waals surface area contributed by atoms with E-state index in [-0.39, 0.29) is 18.3 Å². The van der Waals surface area contributed by atoms with Crippen LogP contribution in [0, 0.1) is 5.92 Å². The van der Waals surface area contributed by atoms with Gasteiger partial charge in [0.15, 0.2) is 0 Å². The third-order valence-corrected chi connectivity index (χ3v) is 4.79. The average molecular weight is 353 g/mol. The third kappa shape index (κ3) is 6.42. The summed E-state index contributed by atoms with van der Waals surface area (Å²) in [5.74, 6) is 1.07. The predicted molar refractivity (Wildman–Crippen MR) is 98.5 cm³/mol. The number of amides is 1. The van der Waals surface area contributed by atoms with Gasteiger partial charge in [-0.25, -0.2) is 0 Å². The summed E-state index contributed by atoms with van der Waals surface area (Å²) in [6.45, 7) is 3.94. The normalized spacial score (nSPS) is 18.2. The Morgan fingerprint density at radius 1 is 1.12 bits per heavy atom. The first-order valence-corrected chi connectivity index (χ1v) is 8.95. The minimum atomic E-state index is 0. The van der Waals surface area contributed by atoms with E-state index in [1.807, 2.05) is 11.0 Å². The van der Waals surface area contributed by atoms with Crippen LogP contribution in [0.15, 0.2) is 30.3 Å². The minimum Gasteiger partial charge on any atom is -0.378 e. The van der Waals surface area contributed by atoms with Gasteiger partial charge in [-0.05, 0) is 50.1 Å². The van der Waals surface area contributed by atoms with Gasteiger partial charge in [0.2, 0.25) is 5.91 Å². The molecular formula is C19H29ClN2O2. The fourth-order valence-corrected chi connectivity index (χ4v) is 3.08. The summed E-state index contributed by atoms with van der Waals surface area (Å²) in [5, 5.41) is 3.29. The van der Waals surface area contributed by atoms with Crippen LogP contribution in [0.2, 0.25) is 0 Å². The van der Waals surface area contributed by atoms with Gasteiger partial charge in [0.1, 0.15) is 0 Å². The Kier molecular flexibility index (Phi) is 8.03. The Balaban J connectivity index is 0.00000208. The molecule has 1 saturated heterocycles. The number of rotatable bonds is 8. The third-order valence-electron chi connectivity index (χ3n) is 4.79. The van der Waals surface area contributed by atoms with Crippen LogP contribution in [0.5, 0.6) is 0 Å². The zero-order valence-electron chi connectivity index (χ0n) is 14.3. The molecular weight excluding hydrogens is 324 g/mol. The maximum absolute atomic E-state index is 12.1. The summed E-state index contributed by atoms with van der Waals surface area (Å²) in [7, 11) is 0. The van der Waals surface area contributed by atoms with Gasteiger partial charge in [-0.2, -0.15) is 0 Å². The first-order valence-electron chi connectivity index (χ1n) is 8.95. The molecule has 1 heterocycles. The molecule has 1 aliphatic heterocycles. The van der Waals surface area contributed by atoms with Crippen LogP contribution < -0.4 is 5.32 Å². The van der Waals surface area contributed by atoms with E-state index in [0.717, 1.165) is 51.4 Å². The van der Waals surface area contributed by atoms with Crippen LogP contribution in [-0.4, -0.2) is 49.7 Å². The Labute approximate surface area is 151 Å². The van der Waals surface area contributed by atoms with Crippen molar-refractivity contribution in [3.8, 4) is 0 Å². The van der Waals surface area contributed by atoms with Crippen LogP contribution in [0.4, 0.5) is 0 Å². The zero-order valence-corrected chi connectivity index (χ0v) is 15.1. The van der Waals surface area contributed by atoms with Crippen molar-refractivity contribution < 1.29 is 9.53 Å². The van der Waals surface area contributed by atoms with Crippen molar-refractivity contribution in [2.75, 3.05) is 32.8 Å².